The number of rotatable bonds is 0. The fourth-order valence-corrected chi connectivity index (χ4v) is 4.93. The zero-order valence-corrected chi connectivity index (χ0v) is 8.57. The van der Waals surface area contributed by atoms with Crippen molar-refractivity contribution in [1.29, 1.82) is 0 Å². The summed E-state index contributed by atoms with van der Waals surface area (Å²) in [6, 6.07) is 7.90. The van der Waals surface area contributed by atoms with Gasteiger partial charge in [-0.2, -0.15) is 0 Å². The standard InChI is InChI=1S/C8H6ClOPS/c9-11(10)12-6-5-7-3-1-2-4-8(7)12/h1-6H. The van der Waals surface area contributed by atoms with E-state index in [1.807, 2.05) is 35.7 Å². The highest BCUT2D eigenvalue weighted by molar-refractivity contribution is 8.33. The number of hydrogen-bond acceptors (Lipinski definition) is 1. The van der Waals surface area contributed by atoms with Crippen LogP contribution in [0.4, 0.5) is 0 Å². The predicted octanol–water partition coefficient (Wildman–Crippen LogP) is 2.47. The Labute approximate surface area is 78.9 Å². The zero-order chi connectivity index (χ0) is 8.55. The van der Waals surface area contributed by atoms with Gasteiger partial charge in [0.25, 0.3) is 0 Å². The van der Waals surface area contributed by atoms with E-state index in [2.05, 4.69) is 0 Å². The summed E-state index contributed by atoms with van der Waals surface area (Å²) in [5, 5.41) is 1.93. The smallest absolute Gasteiger partial charge is 0.210 e. The lowest BCUT2D eigenvalue weighted by atomic mass is 10.2. The Morgan fingerprint density at radius 2 is 2.08 bits per heavy atom. The highest BCUT2D eigenvalue weighted by atomic mass is 35.7. The molecule has 1 aliphatic heterocycles. The Kier molecular flexibility index (Phi) is 2.33. The van der Waals surface area contributed by atoms with Crippen molar-refractivity contribution in [3.63, 3.8) is 0 Å². The lowest BCUT2D eigenvalue weighted by molar-refractivity contribution is -0.146. The maximum absolute atomic E-state index is 11.1. The minimum Gasteiger partial charge on any atom is -0.608 e. The van der Waals surface area contributed by atoms with E-state index in [4.69, 9.17) is 11.2 Å². The summed E-state index contributed by atoms with van der Waals surface area (Å²) >= 11 is 5.58. The number of halogens is 1. The summed E-state index contributed by atoms with van der Waals surface area (Å²) < 4.78 is 0. The van der Waals surface area contributed by atoms with Gasteiger partial charge in [-0.3, -0.25) is 0 Å². The summed E-state index contributed by atoms with van der Waals surface area (Å²) in [6.07, 6.45) is 0.355. The van der Waals surface area contributed by atoms with Gasteiger partial charge in [-0.1, -0.05) is 18.2 Å². The van der Waals surface area contributed by atoms with Crippen LogP contribution < -0.4 is 4.89 Å². The van der Waals surface area contributed by atoms with Gasteiger partial charge in [0.2, 0.25) is 6.28 Å². The topological polar surface area (TPSA) is 23.1 Å². The van der Waals surface area contributed by atoms with Crippen molar-refractivity contribution >= 4 is 33.7 Å². The quantitative estimate of drug-likeness (QED) is 0.611. The van der Waals surface area contributed by atoms with Crippen LogP contribution in [0.2, 0.25) is 0 Å². The van der Waals surface area contributed by atoms with Crippen molar-refractivity contribution in [2.45, 2.75) is 4.90 Å². The Hall–Kier alpha value is -0.140. The third kappa shape index (κ3) is 1.36. The van der Waals surface area contributed by atoms with Crippen LogP contribution in [0.5, 0.6) is 0 Å². The SMILES string of the molecule is [O-][P+](Cl)=S1C=Cc2ccccc21. The molecular formula is C8H6ClOPS. The minimum absolute atomic E-state index is 0.360. The van der Waals surface area contributed by atoms with E-state index >= 15 is 0 Å². The van der Waals surface area contributed by atoms with Crippen LogP contribution >= 0.6 is 17.5 Å². The molecule has 1 heterocycles. The van der Waals surface area contributed by atoms with Crippen LogP contribution in [-0.2, 0) is 10.1 Å². The molecule has 2 atom stereocenters. The molecule has 0 fully saturated rings. The minimum atomic E-state index is -1.63. The molecule has 1 aromatic carbocycles. The molecule has 62 valence electrons. The van der Waals surface area contributed by atoms with Crippen molar-refractivity contribution in [3.05, 3.63) is 35.2 Å². The fraction of sp³-hybridized carbons (Fsp3) is 0. The second-order valence-electron chi connectivity index (χ2n) is 2.37. The molecule has 0 saturated carbocycles. The number of hydrogen-bond donors (Lipinski definition) is 0. The number of benzene rings is 1. The van der Waals surface area contributed by atoms with E-state index in [0.717, 1.165) is 10.5 Å². The van der Waals surface area contributed by atoms with Crippen molar-refractivity contribution in [1.82, 2.24) is 0 Å². The lowest BCUT2D eigenvalue weighted by Crippen LogP contribution is -1.88. The first kappa shape index (κ1) is 8.46. The highest BCUT2D eigenvalue weighted by Gasteiger charge is 2.15. The fourth-order valence-electron chi connectivity index (χ4n) is 1.14. The molecule has 0 N–H and O–H groups in total. The molecule has 0 saturated heterocycles. The second kappa shape index (κ2) is 3.31. The van der Waals surface area contributed by atoms with E-state index in [0.29, 0.717) is 0 Å². The summed E-state index contributed by atoms with van der Waals surface area (Å²) in [5.41, 5.74) is 1.14. The van der Waals surface area contributed by atoms with Gasteiger partial charge >= 0.3 is 0 Å². The summed E-state index contributed by atoms with van der Waals surface area (Å²) in [4.78, 5) is 12.2. The van der Waals surface area contributed by atoms with Crippen LogP contribution in [0, 0.1) is 0 Å². The molecule has 0 aliphatic carbocycles. The van der Waals surface area contributed by atoms with E-state index in [1.165, 1.54) is 0 Å². The molecule has 1 nitrogen and oxygen atoms in total. The van der Waals surface area contributed by atoms with Crippen molar-refractivity contribution in [2.75, 3.05) is 0 Å². The summed E-state index contributed by atoms with van der Waals surface area (Å²) in [5.74, 6) is 0. The monoisotopic (exact) mass is 216 g/mol. The Morgan fingerprint density at radius 1 is 1.33 bits per heavy atom. The molecule has 0 aromatic heterocycles. The van der Waals surface area contributed by atoms with E-state index in [1.54, 1.807) is 0 Å². The van der Waals surface area contributed by atoms with Gasteiger partial charge in [-0.25, -0.2) is 0 Å². The molecule has 0 spiro atoms. The van der Waals surface area contributed by atoms with E-state index in [-0.39, 0.29) is 10.1 Å². The molecule has 0 radical (unpaired) electrons. The molecule has 4 heteroatoms. The van der Waals surface area contributed by atoms with Gasteiger partial charge in [-0.05, 0) is 17.7 Å². The van der Waals surface area contributed by atoms with E-state index < -0.39 is 6.28 Å². The van der Waals surface area contributed by atoms with Crippen LogP contribution in [-0.4, -0.2) is 0 Å². The van der Waals surface area contributed by atoms with Crippen molar-refractivity contribution in [2.24, 2.45) is 0 Å². The molecule has 0 amide bonds. The highest BCUT2D eigenvalue weighted by Crippen LogP contribution is 2.36. The maximum atomic E-state index is 11.1. The maximum Gasteiger partial charge on any atom is 0.210 e. The van der Waals surface area contributed by atoms with Gasteiger partial charge in [0.15, 0.2) is 11.2 Å². The molecule has 2 rings (SSSR count). The number of fused-ring (bicyclic) bond motifs is 1. The first-order valence-corrected chi connectivity index (χ1v) is 7.48. The van der Waals surface area contributed by atoms with Crippen LogP contribution in [0.15, 0.2) is 34.6 Å². The molecular weight excluding hydrogens is 211 g/mol. The average Bonchev–Trinajstić information content (AvgIpc) is 2.47. The van der Waals surface area contributed by atoms with Crippen LogP contribution in [0.25, 0.3) is 6.08 Å². The van der Waals surface area contributed by atoms with Gasteiger partial charge in [0.1, 0.15) is 0 Å². The molecule has 2 unspecified atom stereocenters. The van der Waals surface area contributed by atoms with Crippen LogP contribution in [0.1, 0.15) is 5.56 Å². The third-order valence-corrected chi connectivity index (χ3v) is 6.42. The summed E-state index contributed by atoms with van der Waals surface area (Å²) in [7, 11) is -0.360. The predicted molar refractivity (Wildman–Crippen MR) is 53.9 cm³/mol. The van der Waals surface area contributed by atoms with E-state index in [9.17, 15) is 4.89 Å². The first-order chi connectivity index (χ1) is 5.79. The molecule has 1 aliphatic rings. The Morgan fingerprint density at radius 3 is 2.83 bits per heavy atom. The molecule has 12 heavy (non-hydrogen) atoms. The van der Waals surface area contributed by atoms with Gasteiger partial charge < -0.3 is 4.89 Å². The van der Waals surface area contributed by atoms with Gasteiger partial charge in [0.05, 0.1) is 15.0 Å². The third-order valence-electron chi connectivity index (χ3n) is 1.68. The van der Waals surface area contributed by atoms with Crippen molar-refractivity contribution in [3.8, 4) is 0 Å². The van der Waals surface area contributed by atoms with Crippen molar-refractivity contribution < 1.29 is 4.89 Å². The first-order valence-electron chi connectivity index (χ1n) is 3.42. The van der Waals surface area contributed by atoms with Gasteiger partial charge in [-0.15, -0.1) is 0 Å². The molecule has 0 bridgehead atoms. The Bertz CT molecular complexity index is 382. The average molecular weight is 217 g/mol. The summed E-state index contributed by atoms with van der Waals surface area (Å²) in [6.45, 7) is 0. The Balaban J connectivity index is 2.64. The van der Waals surface area contributed by atoms with Gasteiger partial charge in [0, 0.05) is 5.41 Å². The zero-order valence-electron chi connectivity index (χ0n) is 6.11. The van der Waals surface area contributed by atoms with Crippen LogP contribution in [0.3, 0.4) is 0 Å². The second-order valence-corrected chi connectivity index (χ2v) is 7.83. The molecule has 1 aromatic rings. The normalized spacial score (nSPS) is 20.8. The largest absolute Gasteiger partial charge is 0.608 e. The lowest BCUT2D eigenvalue weighted by Gasteiger charge is -1.96.